The predicted octanol–water partition coefficient (Wildman–Crippen LogP) is 4.13. The Kier molecular flexibility index (Phi) is 5.03. The number of hydrogen-bond donors (Lipinski definition) is 1. The standard InChI is InChI=1S/C14H12BrIO2/c15-13-7-11(8-17)3-6-14(13)18-9-10-1-4-12(16)5-2-10/h1-7,17H,8-9H2. The Morgan fingerprint density at radius 3 is 2.33 bits per heavy atom. The maximum absolute atomic E-state index is 9.02. The monoisotopic (exact) mass is 418 g/mol. The fourth-order valence-electron chi connectivity index (χ4n) is 1.50. The summed E-state index contributed by atoms with van der Waals surface area (Å²) in [4.78, 5) is 0. The number of hydrogen-bond acceptors (Lipinski definition) is 2. The first-order chi connectivity index (χ1) is 8.69. The van der Waals surface area contributed by atoms with Gasteiger partial charge in [-0.15, -0.1) is 0 Å². The van der Waals surface area contributed by atoms with Gasteiger partial charge in [-0.3, -0.25) is 0 Å². The number of rotatable bonds is 4. The first kappa shape index (κ1) is 13.8. The maximum Gasteiger partial charge on any atom is 0.134 e. The normalized spacial score (nSPS) is 10.4. The lowest BCUT2D eigenvalue weighted by Gasteiger charge is -2.09. The van der Waals surface area contributed by atoms with Gasteiger partial charge in [-0.2, -0.15) is 0 Å². The van der Waals surface area contributed by atoms with E-state index in [0.717, 1.165) is 21.3 Å². The number of benzene rings is 2. The fraction of sp³-hybridized carbons (Fsp3) is 0.143. The molecule has 0 aliphatic rings. The number of halogens is 2. The first-order valence-corrected chi connectivity index (χ1v) is 7.33. The van der Waals surface area contributed by atoms with Crippen molar-refractivity contribution in [3.05, 3.63) is 61.6 Å². The molecule has 18 heavy (non-hydrogen) atoms. The van der Waals surface area contributed by atoms with Crippen LogP contribution in [0.4, 0.5) is 0 Å². The largest absolute Gasteiger partial charge is 0.488 e. The van der Waals surface area contributed by atoms with Crippen molar-refractivity contribution in [2.45, 2.75) is 13.2 Å². The van der Waals surface area contributed by atoms with Crippen LogP contribution in [0.15, 0.2) is 46.9 Å². The summed E-state index contributed by atoms with van der Waals surface area (Å²) < 4.78 is 7.80. The van der Waals surface area contributed by atoms with Gasteiger partial charge in [-0.25, -0.2) is 0 Å². The molecule has 2 nitrogen and oxygen atoms in total. The van der Waals surface area contributed by atoms with Crippen molar-refractivity contribution < 1.29 is 9.84 Å². The van der Waals surface area contributed by atoms with E-state index in [9.17, 15) is 0 Å². The summed E-state index contributed by atoms with van der Waals surface area (Å²) in [5.41, 5.74) is 2.00. The Balaban J connectivity index is 2.04. The zero-order valence-corrected chi connectivity index (χ0v) is 13.3. The molecule has 0 fully saturated rings. The molecular weight excluding hydrogens is 407 g/mol. The van der Waals surface area contributed by atoms with Crippen molar-refractivity contribution >= 4 is 38.5 Å². The number of ether oxygens (including phenoxy) is 1. The van der Waals surface area contributed by atoms with Crippen molar-refractivity contribution in [2.75, 3.05) is 0 Å². The summed E-state index contributed by atoms with van der Waals surface area (Å²) >= 11 is 5.71. The summed E-state index contributed by atoms with van der Waals surface area (Å²) in [5, 5.41) is 9.02. The highest BCUT2D eigenvalue weighted by Gasteiger charge is 2.03. The van der Waals surface area contributed by atoms with E-state index in [4.69, 9.17) is 9.84 Å². The Morgan fingerprint density at radius 2 is 1.72 bits per heavy atom. The van der Waals surface area contributed by atoms with Gasteiger partial charge < -0.3 is 9.84 Å². The Bertz CT molecular complexity index is 526. The molecule has 94 valence electrons. The van der Waals surface area contributed by atoms with Gasteiger partial charge in [0.1, 0.15) is 12.4 Å². The third-order valence-electron chi connectivity index (χ3n) is 2.49. The van der Waals surface area contributed by atoms with E-state index < -0.39 is 0 Å². The van der Waals surface area contributed by atoms with Crippen LogP contribution < -0.4 is 4.74 Å². The van der Waals surface area contributed by atoms with Gasteiger partial charge in [0, 0.05) is 3.57 Å². The molecule has 1 N–H and O–H groups in total. The first-order valence-electron chi connectivity index (χ1n) is 5.45. The van der Waals surface area contributed by atoms with Gasteiger partial charge in [0.05, 0.1) is 11.1 Å². The predicted molar refractivity (Wildman–Crippen MR) is 83.6 cm³/mol. The third kappa shape index (κ3) is 3.70. The minimum absolute atomic E-state index is 0.0377. The van der Waals surface area contributed by atoms with Crippen LogP contribution in [-0.4, -0.2) is 5.11 Å². The molecule has 0 aliphatic carbocycles. The molecule has 0 bridgehead atoms. The second-order valence-corrected chi connectivity index (χ2v) is 5.94. The fourth-order valence-corrected chi connectivity index (χ4v) is 2.40. The van der Waals surface area contributed by atoms with E-state index in [2.05, 4.69) is 62.8 Å². The quantitative estimate of drug-likeness (QED) is 0.756. The van der Waals surface area contributed by atoms with Gasteiger partial charge in [-0.1, -0.05) is 18.2 Å². The van der Waals surface area contributed by atoms with Crippen molar-refractivity contribution in [1.29, 1.82) is 0 Å². The van der Waals surface area contributed by atoms with Crippen LogP contribution in [0.2, 0.25) is 0 Å². The van der Waals surface area contributed by atoms with Crippen LogP contribution in [-0.2, 0) is 13.2 Å². The molecule has 0 saturated heterocycles. The molecule has 2 aromatic rings. The van der Waals surface area contributed by atoms with E-state index in [-0.39, 0.29) is 6.61 Å². The lowest BCUT2D eigenvalue weighted by atomic mass is 10.2. The molecule has 0 unspecified atom stereocenters. The van der Waals surface area contributed by atoms with Crippen molar-refractivity contribution in [3.8, 4) is 5.75 Å². The molecule has 0 aliphatic heterocycles. The van der Waals surface area contributed by atoms with Crippen LogP contribution in [0.3, 0.4) is 0 Å². The summed E-state index contributed by atoms with van der Waals surface area (Å²) in [5.74, 6) is 0.783. The van der Waals surface area contributed by atoms with Crippen LogP contribution in [0, 0.1) is 3.57 Å². The van der Waals surface area contributed by atoms with Crippen molar-refractivity contribution in [2.24, 2.45) is 0 Å². The van der Waals surface area contributed by atoms with Crippen LogP contribution >= 0.6 is 38.5 Å². The van der Waals surface area contributed by atoms with E-state index in [0.29, 0.717) is 6.61 Å². The molecule has 0 saturated carbocycles. The molecule has 0 heterocycles. The molecule has 2 aromatic carbocycles. The minimum Gasteiger partial charge on any atom is -0.488 e. The average Bonchev–Trinajstić information content (AvgIpc) is 2.39. The van der Waals surface area contributed by atoms with Gasteiger partial charge in [-0.05, 0) is 73.9 Å². The van der Waals surface area contributed by atoms with E-state index in [1.807, 2.05) is 18.2 Å². The molecule has 0 amide bonds. The van der Waals surface area contributed by atoms with E-state index >= 15 is 0 Å². The number of aliphatic hydroxyl groups is 1. The van der Waals surface area contributed by atoms with Crippen LogP contribution in [0.1, 0.15) is 11.1 Å². The highest BCUT2D eigenvalue weighted by Crippen LogP contribution is 2.26. The SMILES string of the molecule is OCc1ccc(OCc2ccc(I)cc2)c(Br)c1. The molecule has 0 spiro atoms. The lowest BCUT2D eigenvalue weighted by molar-refractivity contribution is 0.280. The van der Waals surface area contributed by atoms with Crippen LogP contribution in [0.25, 0.3) is 0 Å². The van der Waals surface area contributed by atoms with Crippen molar-refractivity contribution in [3.63, 3.8) is 0 Å². The Labute approximate surface area is 128 Å². The van der Waals surface area contributed by atoms with Gasteiger partial charge in [0.15, 0.2) is 0 Å². The maximum atomic E-state index is 9.02. The number of aliphatic hydroxyl groups excluding tert-OH is 1. The minimum atomic E-state index is 0.0377. The van der Waals surface area contributed by atoms with Crippen molar-refractivity contribution in [1.82, 2.24) is 0 Å². The molecule has 2 rings (SSSR count). The third-order valence-corrected chi connectivity index (χ3v) is 3.83. The molecule has 0 radical (unpaired) electrons. The summed E-state index contributed by atoms with van der Waals surface area (Å²) in [7, 11) is 0. The van der Waals surface area contributed by atoms with Gasteiger partial charge >= 0.3 is 0 Å². The second kappa shape index (κ2) is 6.54. The van der Waals surface area contributed by atoms with E-state index in [1.165, 1.54) is 3.57 Å². The molecule has 0 atom stereocenters. The smallest absolute Gasteiger partial charge is 0.134 e. The summed E-state index contributed by atoms with van der Waals surface area (Å²) in [6.07, 6.45) is 0. The topological polar surface area (TPSA) is 29.5 Å². The highest BCUT2D eigenvalue weighted by atomic mass is 127. The zero-order valence-electron chi connectivity index (χ0n) is 9.57. The molecule has 0 aromatic heterocycles. The summed E-state index contributed by atoms with van der Waals surface area (Å²) in [6.45, 7) is 0.573. The highest BCUT2D eigenvalue weighted by molar-refractivity contribution is 14.1. The second-order valence-electron chi connectivity index (χ2n) is 3.84. The summed E-state index contributed by atoms with van der Waals surface area (Å²) in [6, 6.07) is 13.8. The average molecular weight is 419 g/mol. The van der Waals surface area contributed by atoms with Gasteiger partial charge in [0.25, 0.3) is 0 Å². The zero-order chi connectivity index (χ0) is 13.0. The Morgan fingerprint density at radius 1 is 1.06 bits per heavy atom. The van der Waals surface area contributed by atoms with E-state index in [1.54, 1.807) is 0 Å². The van der Waals surface area contributed by atoms with Crippen LogP contribution in [0.5, 0.6) is 5.75 Å². The lowest BCUT2D eigenvalue weighted by Crippen LogP contribution is -1.96. The molecular formula is C14H12BrIO2. The Hall–Kier alpha value is -0.590. The van der Waals surface area contributed by atoms with Gasteiger partial charge in [0.2, 0.25) is 0 Å². The molecule has 4 heteroatoms.